The van der Waals surface area contributed by atoms with Crippen LogP contribution in [-0.2, 0) is 0 Å². The van der Waals surface area contributed by atoms with Crippen LogP contribution in [-0.4, -0.2) is 16.1 Å². The number of hydrogen-bond acceptors (Lipinski definition) is 0. The van der Waals surface area contributed by atoms with E-state index in [-0.39, 0.29) is 0 Å². The van der Waals surface area contributed by atoms with Crippen molar-refractivity contribution in [2.75, 3.05) is 0 Å². The van der Waals surface area contributed by atoms with E-state index in [4.69, 9.17) is 0 Å². The van der Waals surface area contributed by atoms with Crippen molar-refractivity contribution in [1.82, 2.24) is 0 Å². The third kappa shape index (κ3) is 17.6. The zero-order valence-corrected chi connectivity index (χ0v) is 26.0. The summed E-state index contributed by atoms with van der Waals surface area (Å²) in [5.74, 6) is 41.5. The highest BCUT2D eigenvalue weighted by molar-refractivity contribution is 6.84. The SMILES string of the molecule is CC(C)=C(C#CC#CC(C#CC#C[Si](C)(C)C)=C(C)C)C#CC#CC(C#CC#C[Si](C)(C)C)=C(C)C. The van der Waals surface area contributed by atoms with Gasteiger partial charge in [0.05, 0.1) is 16.7 Å². The van der Waals surface area contributed by atoms with Crippen LogP contribution in [0.1, 0.15) is 41.5 Å². The Morgan fingerprint density at radius 2 is 0.528 bits per heavy atom. The lowest BCUT2D eigenvalue weighted by molar-refractivity contribution is 1.37. The molecule has 0 amide bonds. The van der Waals surface area contributed by atoms with Gasteiger partial charge in [-0.15, -0.1) is 11.1 Å². The lowest BCUT2D eigenvalue weighted by Crippen LogP contribution is -2.16. The van der Waals surface area contributed by atoms with Crippen LogP contribution in [0, 0.1) is 94.0 Å². The molecule has 0 aromatic carbocycles. The maximum atomic E-state index is 3.24. The van der Waals surface area contributed by atoms with Gasteiger partial charge in [-0.3, -0.25) is 0 Å². The molecule has 2 heteroatoms. The van der Waals surface area contributed by atoms with E-state index in [0.717, 1.165) is 27.9 Å². The van der Waals surface area contributed by atoms with Gasteiger partial charge in [0, 0.05) is 0 Å². The van der Waals surface area contributed by atoms with Crippen LogP contribution in [0.4, 0.5) is 0 Å². The fraction of sp³-hybridized carbons (Fsp3) is 0.353. The Bertz CT molecular complexity index is 1340. The molecular weight excluding hydrogens is 465 g/mol. The Balaban J connectivity index is 5.78. The maximum Gasteiger partial charge on any atom is 0.130 e. The molecule has 0 aromatic heterocycles. The average molecular weight is 501 g/mol. The van der Waals surface area contributed by atoms with E-state index in [1.165, 1.54) is 0 Å². The molecule has 0 aliphatic carbocycles. The van der Waals surface area contributed by atoms with Crippen LogP contribution in [0.15, 0.2) is 33.4 Å². The highest BCUT2D eigenvalue weighted by Gasteiger charge is 2.07. The Morgan fingerprint density at radius 1 is 0.333 bits per heavy atom. The van der Waals surface area contributed by atoms with Gasteiger partial charge in [-0.1, -0.05) is 56.0 Å². The van der Waals surface area contributed by atoms with Crippen LogP contribution in [0.3, 0.4) is 0 Å². The summed E-state index contributed by atoms with van der Waals surface area (Å²) in [6, 6.07) is 0. The first kappa shape index (κ1) is 32.1. The summed E-state index contributed by atoms with van der Waals surface area (Å²) in [5, 5.41) is 0. The molecule has 0 saturated carbocycles. The van der Waals surface area contributed by atoms with E-state index in [2.05, 4.69) is 133 Å². The van der Waals surface area contributed by atoms with Crippen molar-refractivity contribution in [2.45, 2.75) is 80.8 Å². The van der Waals surface area contributed by atoms with Gasteiger partial charge in [-0.05, 0) is 124 Å². The molecule has 0 saturated heterocycles. The van der Waals surface area contributed by atoms with Crippen molar-refractivity contribution >= 4 is 16.1 Å². The lowest BCUT2D eigenvalue weighted by atomic mass is 10.1. The summed E-state index contributed by atoms with van der Waals surface area (Å²) >= 11 is 0. The first-order valence-electron chi connectivity index (χ1n) is 11.8. The van der Waals surface area contributed by atoms with Crippen molar-refractivity contribution in [3.63, 3.8) is 0 Å². The fourth-order valence-electron chi connectivity index (χ4n) is 1.84. The molecule has 180 valence electrons. The van der Waals surface area contributed by atoms with E-state index in [1.807, 2.05) is 41.5 Å². The maximum absolute atomic E-state index is 3.24. The van der Waals surface area contributed by atoms with Crippen molar-refractivity contribution in [3.05, 3.63) is 33.4 Å². The standard InChI is InChI=1S/C34H36Si2/c1-29(2)32(21-13-15-23-33(30(3)4)25-17-19-27-35(7,8)9)22-14-16-24-34(31(5)6)26-18-20-28-36(10,11)12/h1-12H3. The minimum absolute atomic E-state index is 0.704. The number of hydrogen-bond donors (Lipinski definition) is 0. The van der Waals surface area contributed by atoms with Crippen LogP contribution >= 0.6 is 0 Å². The highest BCUT2D eigenvalue weighted by Crippen LogP contribution is 2.02. The zero-order chi connectivity index (χ0) is 27.8. The second-order valence-corrected chi connectivity index (χ2v) is 20.1. The molecule has 36 heavy (non-hydrogen) atoms. The summed E-state index contributed by atoms with van der Waals surface area (Å²) < 4.78 is 0. The predicted octanol–water partition coefficient (Wildman–Crippen LogP) is 6.78. The summed E-state index contributed by atoms with van der Waals surface area (Å²) in [5.41, 5.74) is 11.7. The monoisotopic (exact) mass is 500 g/mol. The van der Waals surface area contributed by atoms with Gasteiger partial charge in [0.2, 0.25) is 0 Å². The Kier molecular flexibility index (Phi) is 14.2. The van der Waals surface area contributed by atoms with Gasteiger partial charge >= 0.3 is 0 Å². The minimum atomic E-state index is -1.43. The first-order valence-corrected chi connectivity index (χ1v) is 18.8. The van der Waals surface area contributed by atoms with Crippen LogP contribution in [0.5, 0.6) is 0 Å². The van der Waals surface area contributed by atoms with Gasteiger partial charge < -0.3 is 0 Å². The molecule has 0 heterocycles. The third-order valence-electron chi connectivity index (χ3n) is 3.75. The normalized spacial score (nSPS) is 8.44. The van der Waals surface area contributed by atoms with Crippen LogP contribution in [0.2, 0.25) is 39.3 Å². The minimum Gasteiger partial charge on any atom is -0.118 e. The molecule has 0 unspecified atom stereocenters. The van der Waals surface area contributed by atoms with Crippen molar-refractivity contribution < 1.29 is 0 Å². The smallest absolute Gasteiger partial charge is 0.118 e. The van der Waals surface area contributed by atoms with Gasteiger partial charge in [0.25, 0.3) is 0 Å². The number of rotatable bonds is 0. The van der Waals surface area contributed by atoms with E-state index < -0.39 is 16.1 Å². The van der Waals surface area contributed by atoms with Gasteiger partial charge in [-0.2, -0.15) is 0 Å². The first-order chi connectivity index (χ1) is 16.6. The predicted molar refractivity (Wildman–Crippen MR) is 164 cm³/mol. The lowest BCUT2D eigenvalue weighted by Gasteiger charge is -2.01. The zero-order valence-electron chi connectivity index (χ0n) is 24.0. The van der Waals surface area contributed by atoms with Crippen LogP contribution in [0.25, 0.3) is 0 Å². The van der Waals surface area contributed by atoms with Gasteiger partial charge in [0.15, 0.2) is 0 Å². The summed E-state index contributed by atoms with van der Waals surface area (Å²) in [6.07, 6.45) is 0. The summed E-state index contributed by atoms with van der Waals surface area (Å²) in [6.45, 7) is 25.0. The quantitative estimate of drug-likeness (QED) is 0.254. The summed E-state index contributed by atoms with van der Waals surface area (Å²) in [7, 11) is -2.86. The molecule has 0 radical (unpaired) electrons. The summed E-state index contributed by atoms with van der Waals surface area (Å²) in [4.78, 5) is 0. The molecule has 0 aromatic rings. The molecule has 0 nitrogen and oxygen atoms in total. The molecular formula is C34H36Si2. The second kappa shape index (κ2) is 15.9. The van der Waals surface area contributed by atoms with Gasteiger partial charge in [0.1, 0.15) is 16.1 Å². The Morgan fingerprint density at radius 3 is 0.694 bits per heavy atom. The topological polar surface area (TPSA) is 0 Å². The molecule has 0 atom stereocenters. The molecule has 0 rings (SSSR count). The molecule has 0 bridgehead atoms. The van der Waals surface area contributed by atoms with E-state index in [9.17, 15) is 0 Å². The van der Waals surface area contributed by atoms with Gasteiger partial charge in [-0.25, -0.2) is 0 Å². The molecule has 0 spiro atoms. The van der Waals surface area contributed by atoms with Crippen LogP contribution < -0.4 is 0 Å². The van der Waals surface area contributed by atoms with E-state index in [0.29, 0.717) is 5.57 Å². The van der Waals surface area contributed by atoms with Crippen molar-refractivity contribution in [2.24, 2.45) is 0 Å². The molecule has 0 N–H and O–H groups in total. The third-order valence-corrected chi connectivity index (χ3v) is 5.50. The Labute approximate surface area is 223 Å². The Hall–Kier alpha value is -3.87. The fourth-order valence-corrected chi connectivity index (χ4v) is 2.72. The second-order valence-electron chi connectivity index (χ2n) is 10.6. The van der Waals surface area contributed by atoms with Crippen molar-refractivity contribution in [1.29, 1.82) is 0 Å². The molecule has 0 fully saturated rings. The van der Waals surface area contributed by atoms with E-state index >= 15 is 0 Å². The van der Waals surface area contributed by atoms with E-state index in [1.54, 1.807) is 0 Å². The number of allylic oxidation sites excluding steroid dienone is 6. The van der Waals surface area contributed by atoms with Crippen molar-refractivity contribution in [3.8, 4) is 94.0 Å². The molecule has 0 aliphatic heterocycles. The average Bonchev–Trinajstić information content (AvgIpc) is 2.72. The highest BCUT2D eigenvalue weighted by atomic mass is 28.3. The largest absolute Gasteiger partial charge is 0.130 e. The molecule has 0 aliphatic rings.